The Balaban J connectivity index is 1.37. The molecule has 4 unspecified atom stereocenters. The molecule has 0 N–H and O–H groups in total. The highest BCUT2D eigenvalue weighted by molar-refractivity contribution is 7.12. The minimum Gasteiger partial charge on any atom is -0.348 e. The van der Waals surface area contributed by atoms with Crippen molar-refractivity contribution in [3.8, 4) is 0 Å². The smallest absolute Gasteiger partial charge is 0.196 e. The predicted molar refractivity (Wildman–Crippen MR) is 91.5 cm³/mol. The summed E-state index contributed by atoms with van der Waals surface area (Å²) in [5, 5.41) is 0. The third-order valence-electron chi connectivity index (χ3n) is 4.99. The molecule has 3 saturated heterocycles. The van der Waals surface area contributed by atoms with Crippen LogP contribution in [-0.4, -0.2) is 37.1 Å². The molecule has 134 valence electrons. The summed E-state index contributed by atoms with van der Waals surface area (Å²) in [6.45, 7) is 4.74. The maximum Gasteiger partial charge on any atom is 0.196 e. The summed E-state index contributed by atoms with van der Waals surface area (Å²) in [6, 6.07) is 4.19. The lowest BCUT2D eigenvalue weighted by Crippen LogP contribution is -2.40. The maximum absolute atomic E-state index is 6.14. The summed E-state index contributed by atoms with van der Waals surface area (Å²) >= 11 is 1.69. The Hall–Kier alpha value is -0.500. The van der Waals surface area contributed by atoms with Gasteiger partial charge in [-0.15, -0.1) is 11.3 Å². The second-order valence-corrected chi connectivity index (χ2v) is 7.95. The standard InChI is InChI=1S/C18H27NO4S/c1-2-3-5-13-9-11-20-17(22-13)14-7-8-15(24-14)18-21-12-19-10-4-6-16(19)23-18/h7-8,13,16-18H,2-6,9-12H2,1H3. The van der Waals surface area contributed by atoms with Gasteiger partial charge >= 0.3 is 0 Å². The van der Waals surface area contributed by atoms with Gasteiger partial charge in [-0.1, -0.05) is 19.8 Å². The van der Waals surface area contributed by atoms with Crippen LogP contribution in [0.2, 0.25) is 0 Å². The van der Waals surface area contributed by atoms with E-state index in [0.717, 1.165) is 42.2 Å². The number of rotatable bonds is 5. The highest BCUT2D eigenvalue weighted by Crippen LogP contribution is 2.38. The molecule has 3 aliphatic rings. The van der Waals surface area contributed by atoms with Gasteiger partial charge in [0.25, 0.3) is 0 Å². The summed E-state index contributed by atoms with van der Waals surface area (Å²) in [5.41, 5.74) is 0. The summed E-state index contributed by atoms with van der Waals surface area (Å²) in [5.74, 6) is 0. The van der Waals surface area contributed by atoms with Crippen molar-refractivity contribution in [2.24, 2.45) is 0 Å². The number of unbranched alkanes of at least 4 members (excludes halogenated alkanes) is 1. The van der Waals surface area contributed by atoms with E-state index in [1.807, 2.05) is 0 Å². The van der Waals surface area contributed by atoms with E-state index < -0.39 is 0 Å². The van der Waals surface area contributed by atoms with Crippen LogP contribution in [0.4, 0.5) is 0 Å². The third kappa shape index (κ3) is 3.69. The number of nitrogens with zero attached hydrogens (tertiary/aromatic N) is 1. The molecule has 5 nitrogen and oxygen atoms in total. The van der Waals surface area contributed by atoms with Crippen LogP contribution in [0.3, 0.4) is 0 Å². The van der Waals surface area contributed by atoms with Crippen molar-refractivity contribution in [1.29, 1.82) is 0 Å². The Labute approximate surface area is 147 Å². The molecule has 3 aliphatic heterocycles. The minimum atomic E-state index is -0.248. The Morgan fingerprint density at radius 2 is 1.96 bits per heavy atom. The summed E-state index contributed by atoms with van der Waals surface area (Å²) in [4.78, 5) is 4.49. The SMILES string of the molecule is CCCCC1CCOC(c2ccc(C3OCN4CCCC4O3)s2)O1. The molecule has 0 saturated carbocycles. The van der Waals surface area contributed by atoms with Crippen molar-refractivity contribution >= 4 is 11.3 Å². The third-order valence-corrected chi connectivity index (χ3v) is 6.12. The normalized spacial score (nSPS) is 34.4. The first-order valence-corrected chi connectivity index (χ1v) is 10.0. The molecule has 4 rings (SSSR count). The van der Waals surface area contributed by atoms with Gasteiger partial charge in [0, 0.05) is 6.54 Å². The molecule has 24 heavy (non-hydrogen) atoms. The fourth-order valence-electron chi connectivity index (χ4n) is 3.60. The topological polar surface area (TPSA) is 40.2 Å². The van der Waals surface area contributed by atoms with Crippen molar-refractivity contribution in [3.05, 3.63) is 21.9 Å². The molecule has 0 aromatic carbocycles. The van der Waals surface area contributed by atoms with E-state index in [1.165, 1.54) is 19.3 Å². The number of ether oxygens (including phenoxy) is 4. The number of hydrogen-bond donors (Lipinski definition) is 0. The quantitative estimate of drug-likeness (QED) is 0.795. The van der Waals surface area contributed by atoms with E-state index in [9.17, 15) is 0 Å². The number of hydrogen-bond acceptors (Lipinski definition) is 6. The summed E-state index contributed by atoms with van der Waals surface area (Å²) in [7, 11) is 0. The van der Waals surface area contributed by atoms with E-state index >= 15 is 0 Å². The van der Waals surface area contributed by atoms with Crippen molar-refractivity contribution in [2.75, 3.05) is 19.9 Å². The highest BCUT2D eigenvalue weighted by Gasteiger charge is 2.35. The Kier molecular flexibility index (Phi) is 5.51. The van der Waals surface area contributed by atoms with Crippen LogP contribution in [0.1, 0.15) is 67.8 Å². The number of thiophene rings is 1. The lowest BCUT2D eigenvalue weighted by Gasteiger charge is -2.34. The first-order valence-electron chi connectivity index (χ1n) is 9.21. The van der Waals surface area contributed by atoms with Crippen LogP contribution < -0.4 is 0 Å². The zero-order chi connectivity index (χ0) is 16.4. The van der Waals surface area contributed by atoms with Crippen LogP contribution in [0.25, 0.3) is 0 Å². The Morgan fingerprint density at radius 3 is 2.79 bits per heavy atom. The molecule has 0 bridgehead atoms. The van der Waals surface area contributed by atoms with Crippen molar-refractivity contribution < 1.29 is 18.9 Å². The average molecular weight is 353 g/mol. The first kappa shape index (κ1) is 16.9. The largest absolute Gasteiger partial charge is 0.348 e. The van der Waals surface area contributed by atoms with Crippen molar-refractivity contribution in [3.63, 3.8) is 0 Å². The van der Waals surface area contributed by atoms with Gasteiger partial charge in [0.05, 0.1) is 22.5 Å². The van der Waals surface area contributed by atoms with E-state index in [0.29, 0.717) is 12.8 Å². The van der Waals surface area contributed by atoms with Gasteiger partial charge < -0.3 is 18.9 Å². The van der Waals surface area contributed by atoms with E-state index in [4.69, 9.17) is 18.9 Å². The molecule has 0 spiro atoms. The second-order valence-electron chi connectivity index (χ2n) is 6.80. The lowest BCUT2D eigenvalue weighted by molar-refractivity contribution is -0.277. The molecular formula is C18H27NO4S. The maximum atomic E-state index is 6.14. The second kappa shape index (κ2) is 7.81. The van der Waals surface area contributed by atoms with Crippen LogP contribution >= 0.6 is 11.3 Å². The molecule has 0 amide bonds. The van der Waals surface area contributed by atoms with Gasteiger partial charge in [-0.25, -0.2) is 0 Å². The van der Waals surface area contributed by atoms with E-state index in [-0.39, 0.29) is 18.8 Å². The zero-order valence-corrected chi connectivity index (χ0v) is 15.1. The van der Waals surface area contributed by atoms with Crippen LogP contribution in [0.15, 0.2) is 12.1 Å². The Morgan fingerprint density at radius 1 is 1.12 bits per heavy atom. The highest BCUT2D eigenvalue weighted by atomic mass is 32.1. The van der Waals surface area contributed by atoms with Gasteiger partial charge in [-0.3, -0.25) is 4.90 Å². The van der Waals surface area contributed by atoms with Gasteiger partial charge in [0.2, 0.25) is 0 Å². The average Bonchev–Trinajstić information content (AvgIpc) is 3.28. The van der Waals surface area contributed by atoms with Crippen LogP contribution in [-0.2, 0) is 18.9 Å². The first-order chi connectivity index (χ1) is 11.8. The van der Waals surface area contributed by atoms with E-state index in [2.05, 4.69) is 24.0 Å². The molecule has 4 atom stereocenters. The zero-order valence-electron chi connectivity index (χ0n) is 14.3. The predicted octanol–water partition coefficient (Wildman–Crippen LogP) is 4.17. The fraction of sp³-hybridized carbons (Fsp3) is 0.778. The van der Waals surface area contributed by atoms with Gasteiger partial charge in [0.15, 0.2) is 12.6 Å². The molecule has 1 aromatic rings. The van der Waals surface area contributed by atoms with E-state index in [1.54, 1.807) is 11.3 Å². The van der Waals surface area contributed by atoms with Crippen LogP contribution in [0, 0.1) is 0 Å². The molecule has 3 fully saturated rings. The summed E-state index contributed by atoms with van der Waals surface area (Å²) < 4.78 is 24.0. The van der Waals surface area contributed by atoms with Crippen LogP contribution in [0.5, 0.6) is 0 Å². The van der Waals surface area contributed by atoms with Gasteiger partial charge in [-0.2, -0.15) is 0 Å². The molecule has 0 aliphatic carbocycles. The molecule has 4 heterocycles. The van der Waals surface area contributed by atoms with Gasteiger partial charge in [-0.05, 0) is 37.8 Å². The molecule has 0 radical (unpaired) electrons. The minimum absolute atomic E-state index is 0.218. The monoisotopic (exact) mass is 353 g/mol. The molecular weight excluding hydrogens is 326 g/mol. The number of fused-ring (bicyclic) bond motifs is 1. The van der Waals surface area contributed by atoms with Crippen molar-refractivity contribution in [1.82, 2.24) is 4.90 Å². The van der Waals surface area contributed by atoms with Crippen molar-refractivity contribution in [2.45, 2.75) is 70.4 Å². The lowest BCUT2D eigenvalue weighted by atomic mass is 10.1. The molecule has 6 heteroatoms. The van der Waals surface area contributed by atoms with Gasteiger partial charge in [0.1, 0.15) is 13.0 Å². The Bertz CT molecular complexity index is 537. The molecule has 1 aromatic heterocycles. The summed E-state index contributed by atoms with van der Waals surface area (Å²) in [6.07, 6.45) is 6.91. The fourth-order valence-corrected chi connectivity index (χ4v) is 4.58.